The van der Waals surface area contributed by atoms with E-state index in [0.29, 0.717) is 12.0 Å². The first-order valence-electron chi connectivity index (χ1n) is 6.85. The van der Waals surface area contributed by atoms with Crippen LogP contribution in [-0.4, -0.2) is 4.98 Å². The van der Waals surface area contributed by atoms with E-state index < -0.39 is 0 Å². The van der Waals surface area contributed by atoms with Gasteiger partial charge in [0, 0.05) is 18.1 Å². The van der Waals surface area contributed by atoms with E-state index in [1.54, 1.807) is 11.3 Å². The summed E-state index contributed by atoms with van der Waals surface area (Å²) in [5.41, 5.74) is 2.75. The van der Waals surface area contributed by atoms with Crippen LogP contribution in [0.15, 0.2) is 35.8 Å². The summed E-state index contributed by atoms with van der Waals surface area (Å²) in [6.07, 6.45) is 3.02. The fraction of sp³-hybridized carbons (Fsp3) is 0.438. The minimum absolute atomic E-state index is 0.315. The quantitative estimate of drug-likeness (QED) is 0.854. The van der Waals surface area contributed by atoms with Crippen LogP contribution < -0.4 is 5.32 Å². The third kappa shape index (κ3) is 4.44. The van der Waals surface area contributed by atoms with Gasteiger partial charge in [0.1, 0.15) is 5.01 Å². The van der Waals surface area contributed by atoms with Crippen LogP contribution in [0.5, 0.6) is 0 Å². The van der Waals surface area contributed by atoms with Crippen LogP contribution in [0.4, 0.5) is 0 Å². The molecule has 2 rings (SSSR count). The van der Waals surface area contributed by atoms with Crippen molar-refractivity contribution in [3.05, 3.63) is 52.0 Å². The lowest BCUT2D eigenvalue weighted by Gasteiger charge is -2.12. The van der Waals surface area contributed by atoms with Crippen LogP contribution in [0, 0.1) is 5.92 Å². The van der Waals surface area contributed by atoms with E-state index in [9.17, 15) is 0 Å². The van der Waals surface area contributed by atoms with Crippen LogP contribution in [0.2, 0.25) is 0 Å². The topological polar surface area (TPSA) is 24.9 Å². The Labute approximate surface area is 119 Å². The lowest BCUT2D eigenvalue weighted by Crippen LogP contribution is -2.17. The van der Waals surface area contributed by atoms with E-state index in [2.05, 4.69) is 55.3 Å². The average Bonchev–Trinajstić information content (AvgIpc) is 2.91. The van der Waals surface area contributed by atoms with E-state index in [-0.39, 0.29) is 0 Å². The fourth-order valence-corrected chi connectivity index (χ4v) is 2.74. The number of rotatable bonds is 6. The van der Waals surface area contributed by atoms with Gasteiger partial charge < -0.3 is 5.32 Å². The molecule has 1 aromatic heterocycles. The number of thiazole rings is 1. The van der Waals surface area contributed by atoms with Gasteiger partial charge in [0.25, 0.3) is 0 Å². The average molecular weight is 274 g/mol. The first-order chi connectivity index (χ1) is 9.15. The summed E-state index contributed by atoms with van der Waals surface area (Å²) in [4.78, 5) is 4.33. The number of aromatic nitrogens is 1. The van der Waals surface area contributed by atoms with Crippen molar-refractivity contribution in [1.82, 2.24) is 10.3 Å². The van der Waals surface area contributed by atoms with Gasteiger partial charge in [-0.25, -0.2) is 4.98 Å². The molecular formula is C16H22N2S. The van der Waals surface area contributed by atoms with Crippen LogP contribution in [0.25, 0.3) is 0 Å². The Hall–Kier alpha value is -1.19. The zero-order chi connectivity index (χ0) is 13.7. The highest BCUT2D eigenvalue weighted by molar-refractivity contribution is 7.09. The van der Waals surface area contributed by atoms with Crippen molar-refractivity contribution < 1.29 is 0 Å². The first kappa shape index (κ1) is 14.2. The molecule has 0 aliphatic heterocycles. The number of hydrogen-bond acceptors (Lipinski definition) is 3. The molecule has 1 aromatic carbocycles. The van der Waals surface area contributed by atoms with Gasteiger partial charge in [0.05, 0.1) is 6.04 Å². The standard InChI is InChI=1S/C16H22N2S/c1-12(2)10-14-4-6-15(7-5-14)11-18-13(3)16-17-8-9-19-16/h4-9,12-13,18H,10-11H2,1-3H3. The van der Waals surface area contributed by atoms with Crippen molar-refractivity contribution in [2.24, 2.45) is 5.92 Å². The molecule has 0 aliphatic carbocycles. The Kier molecular flexibility index (Phi) is 5.11. The van der Waals surface area contributed by atoms with Crippen LogP contribution in [-0.2, 0) is 13.0 Å². The van der Waals surface area contributed by atoms with Crippen molar-refractivity contribution in [1.29, 1.82) is 0 Å². The van der Waals surface area contributed by atoms with Crippen molar-refractivity contribution in [2.75, 3.05) is 0 Å². The molecular weight excluding hydrogens is 252 g/mol. The molecule has 1 atom stereocenters. The molecule has 0 saturated carbocycles. The predicted molar refractivity (Wildman–Crippen MR) is 82.4 cm³/mol. The molecule has 3 heteroatoms. The maximum Gasteiger partial charge on any atom is 0.109 e. The molecule has 0 saturated heterocycles. The fourth-order valence-electron chi connectivity index (χ4n) is 2.07. The number of nitrogens with one attached hydrogen (secondary N) is 1. The van der Waals surface area contributed by atoms with Gasteiger partial charge in [-0.2, -0.15) is 0 Å². The number of hydrogen-bond donors (Lipinski definition) is 1. The van der Waals surface area contributed by atoms with E-state index in [1.165, 1.54) is 11.1 Å². The Morgan fingerprint density at radius 2 is 1.79 bits per heavy atom. The van der Waals surface area contributed by atoms with Crippen LogP contribution in [0.3, 0.4) is 0 Å². The largest absolute Gasteiger partial charge is 0.304 e. The summed E-state index contributed by atoms with van der Waals surface area (Å²) in [6.45, 7) is 7.56. The van der Waals surface area contributed by atoms with Crippen molar-refractivity contribution in [3.63, 3.8) is 0 Å². The SMILES string of the molecule is CC(C)Cc1ccc(CNC(C)c2nccs2)cc1. The molecule has 2 aromatic rings. The second-order valence-corrected chi connectivity index (χ2v) is 6.31. The molecule has 0 bridgehead atoms. The van der Waals surface area contributed by atoms with Crippen molar-refractivity contribution >= 4 is 11.3 Å². The molecule has 1 heterocycles. The number of benzene rings is 1. The highest BCUT2D eigenvalue weighted by Gasteiger charge is 2.07. The third-order valence-electron chi connectivity index (χ3n) is 3.10. The maximum atomic E-state index is 4.33. The molecule has 0 spiro atoms. The van der Waals surface area contributed by atoms with Gasteiger partial charge in [-0.05, 0) is 30.4 Å². The lowest BCUT2D eigenvalue weighted by molar-refractivity contribution is 0.571. The monoisotopic (exact) mass is 274 g/mol. The molecule has 1 unspecified atom stereocenters. The second-order valence-electron chi connectivity index (χ2n) is 5.39. The molecule has 19 heavy (non-hydrogen) atoms. The first-order valence-corrected chi connectivity index (χ1v) is 7.73. The summed E-state index contributed by atoms with van der Waals surface area (Å²) in [6, 6.07) is 9.24. The van der Waals surface area contributed by atoms with Gasteiger partial charge in [0.2, 0.25) is 0 Å². The minimum atomic E-state index is 0.315. The Bertz CT molecular complexity index is 474. The van der Waals surface area contributed by atoms with E-state index >= 15 is 0 Å². The van der Waals surface area contributed by atoms with Gasteiger partial charge in [-0.1, -0.05) is 38.1 Å². The summed E-state index contributed by atoms with van der Waals surface area (Å²) in [7, 11) is 0. The summed E-state index contributed by atoms with van der Waals surface area (Å²) in [5.74, 6) is 0.717. The third-order valence-corrected chi connectivity index (χ3v) is 4.06. The minimum Gasteiger partial charge on any atom is -0.304 e. The normalized spacial score (nSPS) is 12.8. The zero-order valence-electron chi connectivity index (χ0n) is 11.9. The smallest absolute Gasteiger partial charge is 0.109 e. The molecule has 102 valence electrons. The Balaban J connectivity index is 1.86. The van der Waals surface area contributed by atoms with Crippen molar-refractivity contribution in [2.45, 2.75) is 39.8 Å². The van der Waals surface area contributed by atoms with Gasteiger partial charge in [-0.3, -0.25) is 0 Å². The maximum absolute atomic E-state index is 4.33. The Morgan fingerprint density at radius 1 is 1.11 bits per heavy atom. The molecule has 0 amide bonds. The van der Waals surface area contributed by atoms with Crippen LogP contribution in [0.1, 0.15) is 42.9 Å². The van der Waals surface area contributed by atoms with E-state index in [0.717, 1.165) is 18.0 Å². The predicted octanol–water partition coefficient (Wildman–Crippen LogP) is 4.19. The van der Waals surface area contributed by atoms with E-state index in [4.69, 9.17) is 0 Å². The summed E-state index contributed by atoms with van der Waals surface area (Å²) < 4.78 is 0. The molecule has 0 fully saturated rings. The molecule has 0 aliphatic rings. The van der Waals surface area contributed by atoms with E-state index in [1.807, 2.05) is 11.6 Å². The summed E-state index contributed by atoms with van der Waals surface area (Å²) >= 11 is 1.70. The Morgan fingerprint density at radius 3 is 2.37 bits per heavy atom. The highest BCUT2D eigenvalue weighted by atomic mass is 32.1. The summed E-state index contributed by atoms with van der Waals surface area (Å²) in [5, 5.41) is 6.68. The molecule has 2 nitrogen and oxygen atoms in total. The highest BCUT2D eigenvalue weighted by Crippen LogP contribution is 2.16. The van der Waals surface area contributed by atoms with Crippen molar-refractivity contribution in [3.8, 4) is 0 Å². The van der Waals surface area contributed by atoms with Gasteiger partial charge in [0.15, 0.2) is 0 Å². The van der Waals surface area contributed by atoms with Gasteiger partial charge >= 0.3 is 0 Å². The lowest BCUT2D eigenvalue weighted by atomic mass is 10.0. The van der Waals surface area contributed by atoms with Gasteiger partial charge in [-0.15, -0.1) is 11.3 Å². The van der Waals surface area contributed by atoms with Crippen LogP contribution >= 0.6 is 11.3 Å². The number of nitrogens with zero attached hydrogens (tertiary/aromatic N) is 1. The zero-order valence-corrected chi connectivity index (χ0v) is 12.7. The molecule has 0 radical (unpaired) electrons. The molecule has 1 N–H and O–H groups in total. The second kappa shape index (κ2) is 6.83.